The quantitative estimate of drug-likeness (QED) is 0.872. The number of nitrogens with two attached hydrogens (primary N) is 1. The number of hydrogen-bond donors (Lipinski definition) is 1. The number of benzene rings is 1. The lowest BCUT2D eigenvalue weighted by Gasteiger charge is -2.32. The second kappa shape index (κ2) is 5.55. The van der Waals surface area contributed by atoms with E-state index >= 15 is 0 Å². The van der Waals surface area contributed by atoms with Gasteiger partial charge in [0.2, 0.25) is 0 Å². The molecule has 2 fully saturated rings. The first-order chi connectivity index (χ1) is 10.3. The summed E-state index contributed by atoms with van der Waals surface area (Å²) in [6.07, 6.45) is 2.57. The highest BCUT2D eigenvalue weighted by molar-refractivity contribution is 6.47. The lowest BCUT2D eigenvalue weighted by molar-refractivity contribution is 0.00578. The summed E-state index contributed by atoms with van der Waals surface area (Å²) in [6.45, 7) is 10.5. The van der Waals surface area contributed by atoms with Gasteiger partial charge in [0.1, 0.15) is 0 Å². The average Bonchev–Trinajstić information content (AvgIpc) is 3.05. The maximum atomic E-state index is 6.38. The summed E-state index contributed by atoms with van der Waals surface area (Å²) >= 11 is 0. The number of anilines is 1. The van der Waals surface area contributed by atoms with E-state index in [-0.39, 0.29) is 17.1 Å². The molecule has 0 spiro atoms. The molecular weight excluding hydrogens is 275 g/mol. The molecule has 0 bridgehead atoms. The summed E-state index contributed by atoms with van der Waals surface area (Å²) in [5, 5.41) is 0. The Labute approximate surface area is 134 Å². The van der Waals surface area contributed by atoms with E-state index < -0.39 is 7.12 Å². The fourth-order valence-corrected chi connectivity index (χ4v) is 3.08. The van der Waals surface area contributed by atoms with Gasteiger partial charge in [-0.05, 0) is 58.2 Å². The van der Waals surface area contributed by atoms with Crippen molar-refractivity contribution < 1.29 is 9.31 Å². The summed E-state index contributed by atoms with van der Waals surface area (Å²) in [5.41, 5.74) is 8.03. The van der Waals surface area contributed by atoms with Gasteiger partial charge in [0.15, 0.2) is 0 Å². The van der Waals surface area contributed by atoms with Crippen molar-refractivity contribution in [2.75, 3.05) is 18.0 Å². The average molecular weight is 302 g/mol. The lowest BCUT2D eigenvalue weighted by atomic mass is 9.75. The fraction of sp³-hybridized carbons (Fsp3) is 0.647. The molecule has 0 amide bonds. The minimum Gasteiger partial charge on any atom is -0.402 e. The molecule has 2 heterocycles. The van der Waals surface area contributed by atoms with E-state index in [9.17, 15) is 0 Å². The second-order valence-electron chi connectivity index (χ2n) is 7.44. The lowest BCUT2D eigenvalue weighted by Crippen LogP contribution is -2.41. The van der Waals surface area contributed by atoms with Crippen LogP contribution in [0.25, 0.3) is 0 Å². The Bertz CT molecular complexity index is 508. The van der Waals surface area contributed by atoms with Gasteiger partial charge in [-0.2, -0.15) is 0 Å². The molecule has 0 aliphatic carbocycles. The molecule has 0 unspecified atom stereocenters. The molecule has 22 heavy (non-hydrogen) atoms. The normalized spacial score (nSPS) is 24.8. The third-order valence-electron chi connectivity index (χ3n) is 5.31. The van der Waals surface area contributed by atoms with Crippen LogP contribution in [0.5, 0.6) is 0 Å². The van der Waals surface area contributed by atoms with Gasteiger partial charge in [0.05, 0.1) is 17.1 Å². The molecule has 0 aromatic heterocycles. The summed E-state index contributed by atoms with van der Waals surface area (Å²) in [6, 6.07) is 8.52. The van der Waals surface area contributed by atoms with Crippen molar-refractivity contribution in [3.05, 3.63) is 29.8 Å². The minimum absolute atomic E-state index is 0.270. The smallest absolute Gasteiger partial charge is 0.402 e. The number of nitrogens with zero attached hydrogens (tertiary/aromatic N) is 1. The Morgan fingerprint density at radius 3 is 2.00 bits per heavy atom. The van der Waals surface area contributed by atoms with Crippen LogP contribution in [0.2, 0.25) is 0 Å². The Balaban J connectivity index is 1.71. The fourth-order valence-electron chi connectivity index (χ4n) is 3.08. The van der Waals surface area contributed by atoms with Gasteiger partial charge in [0, 0.05) is 18.8 Å². The highest BCUT2D eigenvalue weighted by Gasteiger charge is 2.53. The molecule has 4 nitrogen and oxygen atoms in total. The first-order valence-corrected chi connectivity index (χ1v) is 8.26. The van der Waals surface area contributed by atoms with Crippen LogP contribution >= 0.6 is 0 Å². The van der Waals surface area contributed by atoms with Gasteiger partial charge in [-0.25, -0.2) is 0 Å². The molecule has 2 aliphatic heterocycles. The maximum Gasteiger partial charge on any atom is 0.480 e. The van der Waals surface area contributed by atoms with E-state index in [2.05, 4.69) is 56.9 Å². The van der Waals surface area contributed by atoms with E-state index in [1.807, 2.05) is 0 Å². The molecule has 0 saturated carbocycles. The SMILES string of the molecule is CC1(C)OB([C@H](N)c2ccc(N3CCCC3)cc2)OC1(C)C. The Morgan fingerprint density at radius 1 is 1.00 bits per heavy atom. The third kappa shape index (κ3) is 2.77. The molecule has 1 atom stereocenters. The summed E-state index contributed by atoms with van der Waals surface area (Å²) in [7, 11) is -0.400. The monoisotopic (exact) mass is 302 g/mol. The maximum absolute atomic E-state index is 6.38. The number of rotatable bonds is 3. The summed E-state index contributed by atoms with van der Waals surface area (Å²) in [4.78, 5) is 2.42. The zero-order valence-corrected chi connectivity index (χ0v) is 14.1. The predicted molar refractivity (Wildman–Crippen MR) is 90.9 cm³/mol. The van der Waals surface area contributed by atoms with Crippen molar-refractivity contribution in [3.8, 4) is 0 Å². The molecule has 2 saturated heterocycles. The molecule has 1 aromatic rings. The minimum atomic E-state index is -0.400. The zero-order chi connectivity index (χ0) is 16.0. The van der Waals surface area contributed by atoms with Gasteiger partial charge in [-0.15, -0.1) is 0 Å². The van der Waals surface area contributed by atoms with Crippen molar-refractivity contribution in [3.63, 3.8) is 0 Å². The van der Waals surface area contributed by atoms with E-state index in [0.717, 1.165) is 18.7 Å². The van der Waals surface area contributed by atoms with Crippen LogP contribution in [0.3, 0.4) is 0 Å². The van der Waals surface area contributed by atoms with Crippen molar-refractivity contribution in [2.24, 2.45) is 5.73 Å². The van der Waals surface area contributed by atoms with Crippen molar-refractivity contribution >= 4 is 12.8 Å². The second-order valence-corrected chi connectivity index (χ2v) is 7.44. The molecule has 0 radical (unpaired) electrons. The van der Waals surface area contributed by atoms with Crippen LogP contribution in [-0.4, -0.2) is 31.4 Å². The van der Waals surface area contributed by atoms with Crippen LogP contribution in [0, 0.1) is 0 Å². The van der Waals surface area contributed by atoms with Crippen LogP contribution in [0.4, 0.5) is 5.69 Å². The first kappa shape index (κ1) is 15.8. The molecule has 1 aromatic carbocycles. The van der Waals surface area contributed by atoms with E-state index in [1.165, 1.54) is 18.5 Å². The van der Waals surface area contributed by atoms with Gasteiger partial charge in [-0.3, -0.25) is 0 Å². The van der Waals surface area contributed by atoms with Crippen LogP contribution < -0.4 is 10.6 Å². The highest BCUT2D eigenvalue weighted by atomic mass is 16.7. The summed E-state index contributed by atoms with van der Waals surface area (Å²) < 4.78 is 12.1. The predicted octanol–water partition coefficient (Wildman–Crippen LogP) is 2.92. The number of hydrogen-bond acceptors (Lipinski definition) is 4. The Morgan fingerprint density at radius 2 is 1.50 bits per heavy atom. The largest absolute Gasteiger partial charge is 0.480 e. The van der Waals surface area contributed by atoms with Crippen LogP contribution in [-0.2, 0) is 9.31 Å². The molecular formula is C17H27BN2O2. The molecule has 5 heteroatoms. The summed E-state index contributed by atoms with van der Waals surface area (Å²) in [5.74, 6) is -0.270. The molecule has 2 N–H and O–H groups in total. The van der Waals surface area contributed by atoms with Gasteiger partial charge in [-0.1, -0.05) is 12.1 Å². The highest BCUT2D eigenvalue weighted by Crippen LogP contribution is 2.39. The third-order valence-corrected chi connectivity index (χ3v) is 5.31. The first-order valence-electron chi connectivity index (χ1n) is 8.26. The van der Waals surface area contributed by atoms with Crippen molar-refractivity contribution in [1.82, 2.24) is 0 Å². The molecule has 2 aliphatic rings. The molecule has 3 rings (SSSR count). The standard InChI is InChI=1S/C17H27BN2O2/c1-16(2)17(3,4)22-18(21-16)15(19)13-7-9-14(10-8-13)20-11-5-6-12-20/h7-10,15H,5-6,11-12,19H2,1-4H3/t15-/m1/s1. The van der Waals surface area contributed by atoms with Crippen LogP contribution in [0.1, 0.15) is 52.0 Å². The topological polar surface area (TPSA) is 47.7 Å². The van der Waals surface area contributed by atoms with Crippen molar-refractivity contribution in [2.45, 2.75) is 57.7 Å². The van der Waals surface area contributed by atoms with Crippen molar-refractivity contribution in [1.29, 1.82) is 0 Å². The Kier molecular flexibility index (Phi) is 4.00. The van der Waals surface area contributed by atoms with Gasteiger partial charge in [0.25, 0.3) is 0 Å². The van der Waals surface area contributed by atoms with E-state index in [1.54, 1.807) is 0 Å². The van der Waals surface area contributed by atoms with Gasteiger partial charge >= 0.3 is 7.12 Å². The molecule has 120 valence electrons. The van der Waals surface area contributed by atoms with E-state index in [0.29, 0.717) is 0 Å². The zero-order valence-electron chi connectivity index (χ0n) is 14.1. The van der Waals surface area contributed by atoms with Gasteiger partial charge < -0.3 is 19.9 Å². The van der Waals surface area contributed by atoms with Crippen LogP contribution in [0.15, 0.2) is 24.3 Å². The van der Waals surface area contributed by atoms with E-state index in [4.69, 9.17) is 15.0 Å². The Hall–Kier alpha value is -1.04.